The molecule has 5 heterocycles. The van der Waals surface area contributed by atoms with Gasteiger partial charge in [-0.1, -0.05) is 0 Å². The molecule has 1 amide bonds. The molecule has 11 nitrogen and oxygen atoms in total. The Kier molecular flexibility index (Phi) is 7.09. The van der Waals surface area contributed by atoms with Gasteiger partial charge in [0, 0.05) is 73.6 Å². The number of ether oxygens (including phenoxy) is 2. The van der Waals surface area contributed by atoms with Crippen molar-refractivity contribution < 1.29 is 14.3 Å². The molecule has 0 aliphatic carbocycles. The minimum atomic E-state index is -0.542. The summed E-state index contributed by atoms with van der Waals surface area (Å²) in [5.74, 6) is 0.535. The maximum atomic E-state index is 12.5. The lowest BCUT2D eigenvalue weighted by Crippen LogP contribution is -2.36. The summed E-state index contributed by atoms with van der Waals surface area (Å²) >= 11 is 0. The fourth-order valence-electron chi connectivity index (χ4n) is 5.39. The van der Waals surface area contributed by atoms with Crippen molar-refractivity contribution in [1.29, 1.82) is 5.26 Å². The van der Waals surface area contributed by atoms with Gasteiger partial charge < -0.3 is 19.7 Å². The fourth-order valence-corrected chi connectivity index (χ4v) is 5.39. The van der Waals surface area contributed by atoms with Crippen molar-refractivity contribution in [1.82, 2.24) is 29.2 Å². The van der Waals surface area contributed by atoms with Crippen LogP contribution in [0, 0.1) is 11.3 Å². The van der Waals surface area contributed by atoms with E-state index in [9.17, 15) is 10.1 Å². The Morgan fingerprint density at radius 3 is 2.63 bits per heavy atom. The van der Waals surface area contributed by atoms with Gasteiger partial charge >= 0.3 is 6.09 Å². The largest absolute Gasteiger partial charge is 0.444 e. The lowest BCUT2D eigenvalue weighted by atomic mass is 10.1. The third kappa shape index (κ3) is 5.74. The Morgan fingerprint density at radius 1 is 1.12 bits per heavy atom. The molecule has 2 aliphatic rings. The number of carbonyl (C=O) groups excluding carboxylic acids is 1. The first-order valence-electron chi connectivity index (χ1n) is 14.0. The van der Waals surface area contributed by atoms with Crippen molar-refractivity contribution in [3.63, 3.8) is 0 Å². The second-order valence-electron chi connectivity index (χ2n) is 11.6. The molecule has 0 spiro atoms. The number of nitrogens with zero attached hydrogens (tertiary/aromatic N) is 7. The minimum Gasteiger partial charge on any atom is -0.444 e. The summed E-state index contributed by atoms with van der Waals surface area (Å²) in [7, 11) is 0. The van der Waals surface area contributed by atoms with E-state index in [0.29, 0.717) is 36.3 Å². The maximum absolute atomic E-state index is 12.5. The Hall–Kier alpha value is -4.43. The standard InChI is InChI=1S/C30H34N8O3/c1-30(2,3)41-29(39)36-8-5-24(19-36)35-26-13-27-20(12-21(26)14-31)4-9-37(27)28-32-15-22(16-33-28)23-17-34-38(18-23)25-6-10-40-11-7-25/h4,9,12-13,15-18,24-25,35H,5-8,10-11,19H2,1-3H3/t24-/m1/s1. The molecule has 0 unspecified atom stereocenters. The second kappa shape index (κ2) is 10.9. The Morgan fingerprint density at radius 2 is 1.90 bits per heavy atom. The number of amides is 1. The number of likely N-dealkylation sites (tertiary alicyclic amines) is 1. The van der Waals surface area contributed by atoms with Gasteiger partial charge in [0.1, 0.15) is 11.7 Å². The lowest BCUT2D eigenvalue weighted by Gasteiger charge is -2.24. The Bertz CT molecular complexity index is 1590. The molecule has 0 saturated carbocycles. The monoisotopic (exact) mass is 554 g/mol. The van der Waals surface area contributed by atoms with E-state index in [0.717, 1.165) is 54.5 Å². The maximum Gasteiger partial charge on any atom is 0.410 e. The molecule has 2 saturated heterocycles. The van der Waals surface area contributed by atoms with Gasteiger partial charge in [-0.3, -0.25) is 9.25 Å². The van der Waals surface area contributed by atoms with Crippen LogP contribution in [0.3, 0.4) is 0 Å². The summed E-state index contributed by atoms with van der Waals surface area (Å²) in [6.07, 6.45) is 11.8. The summed E-state index contributed by atoms with van der Waals surface area (Å²) in [4.78, 5) is 23.5. The van der Waals surface area contributed by atoms with Crippen LogP contribution >= 0.6 is 0 Å². The van der Waals surface area contributed by atoms with E-state index >= 15 is 0 Å². The van der Waals surface area contributed by atoms with Crippen LogP contribution in [-0.2, 0) is 9.47 Å². The van der Waals surface area contributed by atoms with E-state index in [4.69, 9.17) is 9.47 Å². The number of carbonyl (C=O) groups is 1. The number of rotatable bonds is 5. The number of fused-ring (bicyclic) bond motifs is 1. The molecule has 2 aliphatic heterocycles. The third-order valence-electron chi connectivity index (χ3n) is 7.50. The molecule has 0 radical (unpaired) electrons. The predicted octanol–water partition coefficient (Wildman–Crippen LogP) is 4.93. The molecule has 1 atom stereocenters. The first-order valence-corrected chi connectivity index (χ1v) is 14.0. The molecular formula is C30H34N8O3. The summed E-state index contributed by atoms with van der Waals surface area (Å²) < 4.78 is 14.9. The van der Waals surface area contributed by atoms with Gasteiger partial charge in [0.15, 0.2) is 0 Å². The summed E-state index contributed by atoms with van der Waals surface area (Å²) in [6, 6.07) is 8.45. The van der Waals surface area contributed by atoms with Crippen LogP contribution in [0.15, 0.2) is 49.2 Å². The van der Waals surface area contributed by atoms with Crippen LogP contribution in [-0.4, -0.2) is 73.3 Å². The van der Waals surface area contributed by atoms with Crippen LogP contribution in [0.25, 0.3) is 28.0 Å². The summed E-state index contributed by atoms with van der Waals surface area (Å²) in [5, 5.41) is 18.8. The Balaban J connectivity index is 1.20. The van der Waals surface area contributed by atoms with E-state index in [-0.39, 0.29) is 12.1 Å². The van der Waals surface area contributed by atoms with E-state index in [2.05, 4.69) is 26.5 Å². The van der Waals surface area contributed by atoms with Gasteiger partial charge in [0.25, 0.3) is 0 Å². The minimum absolute atomic E-state index is 0.00747. The van der Waals surface area contributed by atoms with E-state index < -0.39 is 5.60 Å². The third-order valence-corrected chi connectivity index (χ3v) is 7.50. The molecule has 4 aromatic rings. The zero-order valence-corrected chi connectivity index (χ0v) is 23.6. The number of aromatic nitrogens is 5. The molecule has 1 N–H and O–H groups in total. The predicted molar refractivity (Wildman–Crippen MR) is 154 cm³/mol. The highest BCUT2D eigenvalue weighted by Gasteiger charge is 2.30. The van der Waals surface area contributed by atoms with Crippen molar-refractivity contribution in [2.75, 3.05) is 31.6 Å². The number of nitrogens with one attached hydrogen (secondary N) is 1. The van der Waals surface area contributed by atoms with E-state index in [1.54, 1.807) is 4.90 Å². The highest BCUT2D eigenvalue weighted by atomic mass is 16.6. The normalized spacial score (nSPS) is 18.0. The van der Waals surface area contributed by atoms with Crippen LogP contribution in [0.5, 0.6) is 0 Å². The summed E-state index contributed by atoms with van der Waals surface area (Å²) in [5.41, 5.74) is 3.47. The van der Waals surface area contributed by atoms with Crippen molar-refractivity contribution in [3.8, 4) is 23.1 Å². The van der Waals surface area contributed by atoms with E-state index in [1.807, 2.05) is 79.2 Å². The van der Waals surface area contributed by atoms with Crippen LogP contribution in [0.1, 0.15) is 51.6 Å². The Labute approximate surface area is 238 Å². The van der Waals surface area contributed by atoms with Gasteiger partial charge in [-0.25, -0.2) is 14.8 Å². The highest BCUT2D eigenvalue weighted by Crippen LogP contribution is 2.29. The van der Waals surface area contributed by atoms with Crippen molar-refractivity contribution >= 4 is 22.7 Å². The topological polar surface area (TPSA) is 123 Å². The van der Waals surface area contributed by atoms with Crippen molar-refractivity contribution in [2.24, 2.45) is 0 Å². The average Bonchev–Trinajstić information content (AvgIpc) is 3.72. The zero-order chi connectivity index (χ0) is 28.6. The number of benzene rings is 1. The lowest BCUT2D eigenvalue weighted by molar-refractivity contribution is 0.0293. The first-order chi connectivity index (χ1) is 19.8. The van der Waals surface area contributed by atoms with E-state index in [1.165, 1.54) is 0 Å². The van der Waals surface area contributed by atoms with Gasteiger partial charge in [-0.2, -0.15) is 10.4 Å². The summed E-state index contributed by atoms with van der Waals surface area (Å²) in [6.45, 7) is 8.22. The van der Waals surface area contributed by atoms with Crippen LogP contribution in [0.4, 0.5) is 10.5 Å². The molecule has 6 rings (SSSR count). The zero-order valence-electron chi connectivity index (χ0n) is 23.6. The fraction of sp³-hybridized carbons (Fsp3) is 0.433. The number of hydrogen-bond donors (Lipinski definition) is 1. The smallest absolute Gasteiger partial charge is 0.410 e. The SMILES string of the molecule is CC(C)(C)OC(=O)N1CC[C@@H](Nc2cc3c(ccn3-c3ncc(-c4cnn(C5CCOCC5)c4)cn3)cc2C#N)C1. The van der Waals surface area contributed by atoms with Gasteiger partial charge in [-0.05, 0) is 58.2 Å². The van der Waals surface area contributed by atoms with Crippen molar-refractivity contribution in [2.45, 2.75) is 57.7 Å². The highest BCUT2D eigenvalue weighted by molar-refractivity contribution is 5.88. The van der Waals surface area contributed by atoms with Gasteiger partial charge in [0.2, 0.25) is 5.95 Å². The molecule has 2 fully saturated rings. The number of anilines is 1. The van der Waals surface area contributed by atoms with Crippen molar-refractivity contribution in [3.05, 3.63) is 54.7 Å². The number of hydrogen-bond acceptors (Lipinski definition) is 8. The molecule has 0 bridgehead atoms. The molecule has 3 aromatic heterocycles. The van der Waals surface area contributed by atoms with Crippen LogP contribution in [0.2, 0.25) is 0 Å². The quantitative estimate of drug-likeness (QED) is 0.368. The molecule has 11 heteroatoms. The molecule has 1 aromatic carbocycles. The van der Waals surface area contributed by atoms with Gasteiger partial charge in [-0.15, -0.1) is 0 Å². The molecule has 41 heavy (non-hydrogen) atoms. The van der Waals surface area contributed by atoms with Gasteiger partial charge in [0.05, 0.1) is 29.0 Å². The van der Waals surface area contributed by atoms with Crippen LogP contribution < -0.4 is 5.32 Å². The second-order valence-corrected chi connectivity index (χ2v) is 11.6. The number of nitriles is 1. The first kappa shape index (κ1) is 26.8. The molecular weight excluding hydrogens is 520 g/mol. The average molecular weight is 555 g/mol. The molecule has 212 valence electrons.